The van der Waals surface area contributed by atoms with Crippen molar-refractivity contribution in [3.8, 4) is 0 Å². The molecule has 0 spiro atoms. The molecule has 0 heterocycles. The summed E-state index contributed by atoms with van der Waals surface area (Å²) in [4.78, 5) is 12.2. The van der Waals surface area contributed by atoms with E-state index in [-0.39, 0.29) is 6.61 Å². The van der Waals surface area contributed by atoms with Gasteiger partial charge in [-0.1, -0.05) is 49.7 Å². The average Bonchev–Trinajstić information content (AvgIpc) is 3.00. The number of aryl methyl sites for hydroxylation is 2. The van der Waals surface area contributed by atoms with Gasteiger partial charge in [0, 0.05) is 0 Å². The second-order valence-corrected chi connectivity index (χ2v) is 7.27. The lowest BCUT2D eigenvalue weighted by molar-refractivity contribution is -0.147. The van der Waals surface area contributed by atoms with Gasteiger partial charge in [0.15, 0.2) is 0 Å². The lowest BCUT2D eigenvalue weighted by Gasteiger charge is -2.08. The van der Waals surface area contributed by atoms with E-state index in [1.165, 1.54) is 0 Å². The van der Waals surface area contributed by atoms with Crippen molar-refractivity contribution in [3.63, 3.8) is 0 Å². The van der Waals surface area contributed by atoms with E-state index in [0.717, 1.165) is 22.8 Å². The summed E-state index contributed by atoms with van der Waals surface area (Å²) < 4.78 is 42.9. The zero-order valence-electron chi connectivity index (χ0n) is 14.0. The molecule has 0 saturated heterocycles. The third-order valence-corrected chi connectivity index (χ3v) is 5.05. The number of rotatable bonds is 4. The van der Waals surface area contributed by atoms with Crippen LogP contribution in [0.25, 0.3) is 0 Å². The van der Waals surface area contributed by atoms with Gasteiger partial charge in [0.2, 0.25) is 0 Å². The molecule has 0 amide bonds. The first-order valence-corrected chi connectivity index (χ1v) is 7.99. The smallest absolute Gasteiger partial charge is 0.426 e. The Morgan fingerprint density at radius 2 is 1.92 bits per heavy atom. The summed E-state index contributed by atoms with van der Waals surface area (Å²) in [6.45, 7) is 7.52. The fourth-order valence-electron chi connectivity index (χ4n) is 2.83. The quantitative estimate of drug-likeness (QED) is 0.681. The van der Waals surface area contributed by atoms with Gasteiger partial charge in [-0.05, 0) is 41.9 Å². The first-order valence-electron chi connectivity index (χ1n) is 7.62. The molecule has 1 aliphatic rings. The van der Waals surface area contributed by atoms with Crippen LogP contribution in [0.1, 0.15) is 30.5 Å². The van der Waals surface area contributed by atoms with Gasteiger partial charge in [-0.15, -0.1) is 0 Å². The summed E-state index contributed by atoms with van der Waals surface area (Å²) in [6, 6.07) is 5.73. The summed E-state index contributed by atoms with van der Waals surface area (Å²) in [5, 5.41) is -1.19. The molecule has 2 rings (SSSR count). The predicted molar refractivity (Wildman–Crippen MR) is 86.5 cm³/mol. The third-order valence-electron chi connectivity index (χ3n) is 4.71. The highest BCUT2D eigenvalue weighted by Gasteiger charge is 2.62. The second-order valence-electron chi connectivity index (χ2n) is 6.86. The number of allylic oxidation sites excluding steroid dienone is 2. The molecule has 0 N–H and O–H groups in total. The summed E-state index contributed by atoms with van der Waals surface area (Å²) in [5.74, 6) is -1.68. The van der Waals surface area contributed by atoms with Crippen LogP contribution in [0, 0.1) is 31.1 Å². The largest absolute Gasteiger partial charge is 0.461 e. The molecule has 1 aromatic rings. The standard InChI is InChI=1S/C18H20ClF3O2/c1-10-5-6-12(7-11(10)2)9-24-16(23)15-13(17(15,3)4)8-14(19)18(20,21)22/h5-8,13,15H,9H2,1-4H3/t13-,15-/m1/s1. The Hall–Kier alpha value is -1.49. The number of halogens is 4. The Morgan fingerprint density at radius 3 is 2.46 bits per heavy atom. The molecule has 2 atom stereocenters. The molecule has 1 aliphatic carbocycles. The minimum absolute atomic E-state index is 0.107. The molecular formula is C18H20ClF3O2. The molecule has 1 aromatic carbocycles. The molecule has 0 aromatic heterocycles. The molecule has 24 heavy (non-hydrogen) atoms. The van der Waals surface area contributed by atoms with Crippen molar-refractivity contribution >= 4 is 17.6 Å². The van der Waals surface area contributed by atoms with Crippen LogP contribution in [0.2, 0.25) is 0 Å². The average molecular weight is 361 g/mol. The number of alkyl halides is 3. The minimum atomic E-state index is -4.59. The van der Waals surface area contributed by atoms with Crippen molar-refractivity contribution in [3.05, 3.63) is 46.0 Å². The highest BCUT2D eigenvalue weighted by Crippen LogP contribution is 2.60. The van der Waals surface area contributed by atoms with Crippen molar-refractivity contribution in [2.75, 3.05) is 0 Å². The van der Waals surface area contributed by atoms with E-state index in [9.17, 15) is 18.0 Å². The van der Waals surface area contributed by atoms with E-state index in [0.29, 0.717) is 0 Å². The van der Waals surface area contributed by atoms with Gasteiger partial charge in [-0.25, -0.2) is 0 Å². The summed E-state index contributed by atoms with van der Waals surface area (Å²) in [5.41, 5.74) is 2.49. The Bertz CT molecular complexity index is 677. The molecule has 1 saturated carbocycles. The maximum absolute atomic E-state index is 12.5. The lowest BCUT2D eigenvalue weighted by Crippen LogP contribution is -2.11. The maximum atomic E-state index is 12.5. The number of benzene rings is 1. The van der Waals surface area contributed by atoms with Crippen molar-refractivity contribution in [2.45, 2.75) is 40.5 Å². The van der Waals surface area contributed by atoms with E-state index in [4.69, 9.17) is 16.3 Å². The SMILES string of the molecule is Cc1ccc(COC(=O)[C@H]2[C@@H](C=C(Cl)C(F)(F)F)C2(C)C)cc1C. The summed E-state index contributed by atoms with van der Waals surface area (Å²) in [6.07, 6.45) is -3.67. The number of ether oxygens (including phenoxy) is 1. The number of hydrogen-bond acceptors (Lipinski definition) is 2. The van der Waals surface area contributed by atoms with Crippen molar-refractivity contribution in [2.24, 2.45) is 17.3 Å². The Labute approximate surface area is 144 Å². The van der Waals surface area contributed by atoms with Crippen molar-refractivity contribution < 1.29 is 22.7 Å². The van der Waals surface area contributed by atoms with E-state index >= 15 is 0 Å². The Balaban J connectivity index is 2.01. The maximum Gasteiger partial charge on any atom is 0.426 e. The molecule has 2 nitrogen and oxygen atoms in total. The molecule has 1 fully saturated rings. The van der Waals surface area contributed by atoms with Crippen LogP contribution in [0.3, 0.4) is 0 Å². The van der Waals surface area contributed by atoms with E-state index in [1.807, 2.05) is 32.0 Å². The first kappa shape index (κ1) is 18.8. The van der Waals surface area contributed by atoms with Gasteiger partial charge >= 0.3 is 12.1 Å². The van der Waals surface area contributed by atoms with Gasteiger partial charge < -0.3 is 4.74 Å². The fraction of sp³-hybridized carbons (Fsp3) is 0.500. The topological polar surface area (TPSA) is 26.3 Å². The normalized spacial score (nSPS) is 23.1. The van der Waals surface area contributed by atoms with Gasteiger partial charge in [-0.3, -0.25) is 4.79 Å². The monoisotopic (exact) mass is 360 g/mol. The van der Waals surface area contributed by atoms with Gasteiger partial charge in [-0.2, -0.15) is 13.2 Å². The van der Waals surface area contributed by atoms with Crippen LogP contribution in [0.4, 0.5) is 13.2 Å². The molecule has 0 bridgehead atoms. The number of carbonyl (C=O) groups excluding carboxylic acids is 1. The van der Waals surface area contributed by atoms with Crippen LogP contribution in [0.5, 0.6) is 0 Å². The number of carbonyl (C=O) groups is 1. The van der Waals surface area contributed by atoms with Crippen LogP contribution < -0.4 is 0 Å². The summed E-state index contributed by atoms with van der Waals surface area (Å²) >= 11 is 5.28. The predicted octanol–water partition coefficient (Wildman–Crippen LogP) is 5.30. The molecular weight excluding hydrogens is 341 g/mol. The highest BCUT2D eigenvalue weighted by atomic mass is 35.5. The zero-order valence-corrected chi connectivity index (χ0v) is 14.8. The molecule has 6 heteroatoms. The highest BCUT2D eigenvalue weighted by molar-refractivity contribution is 6.30. The number of hydrogen-bond donors (Lipinski definition) is 0. The van der Waals surface area contributed by atoms with Gasteiger partial charge in [0.1, 0.15) is 11.6 Å². The minimum Gasteiger partial charge on any atom is -0.461 e. The molecule has 0 radical (unpaired) electrons. The zero-order chi connectivity index (χ0) is 18.3. The van der Waals surface area contributed by atoms with Gasteiger partial charge in [0.05, 0.1) is 5.92 Å². The molecule has 0 unspecified atom stereocenters. The van der Waals surface area contributed by atoms with Crippen LogP contribution in [-0.2, 0) is 16.1 Å². The van der Waals surface area contributed by atoms with E-state index in [2.05, 4.69) is 0 Å². The van der Waals surface area contributed by atoms with E-state index < -0.39 is 34.4 Å². The van der Waals surface area contributed by atoms with Gasteiger partial charge in [0.25, 0.3) is 0 Å². The first-order chi connectivity index (χ1) is 10.9. The lowest BCUT2D eigenvalue weighted by atomic mass is 10.1. The van der Waals surface area contributed by atoms with E-state index in [1.54, 1.807) is 13.8 Å². The van der Waals surface area contributed by atoms with Crippen LogP contribution in [0.15, 0.2) is 29.3 Å². The van der Waals surface area contributed by atoms with Crippen LogP contribution in [-0.4, -0.2) is 12.1 Å². The Morgan fingerprint density at radius 1 is 1.29 bits per heavy atom. The summed E-state index contributed by atoms with van der Waals surface area (Å²) in [7, 11) is 0. The molecule has 0 aliphatic heterocycles. The third kappa shape index (κ3) is 3.94. The second kappa shape index (κ2) is 6.43. The molecule has 132 valence electrons. The van der Waals surface area contributed by atoms with Crippen molar-refractivity contribution in [1.82, 2.24) is 0 Å². The van der Waals surface area contributed by atoms with Crippen LogP contribution >= 0.6 is 11.6 Å². The Kier molecular flexibility index (Phi) is 5.05. The fourth-order valence-corrected chi connectivity index (χ4v) is 2.96. The number of esters is 1. The van der Waals surface area contributed by atoms with Crippen molar-refractivity contribution in [1.29, 1.82) is 0 Å².